The van der Waals surface area contributed by atoms with Crippen LogP contribution in [0.2, 0.25) is 0 Å². The number of sulfonamides is 1. The summed E-state index contributed by atoms with van der Waals surface area (Å²) in [5.74, 6) is 0.787. The van der Waals surface area contributed by atoms with E-state index in [-0.39, 0.29) is 5.37 Å². The van der Waals surface area contributed by atoms with Gasteiger partial charge in [-0.1, -0.05) is 72.8 Å². The van der Waals surface area contributed by atoms with Gasteiger partial charge in [0.2, 0.25) is 10.0 Å². The van der Waals surface area contributed by atoms with E-state index in [0.717, 1.165) is 62.0 Å². The van der Waals surface area contributed by atoms with Gasteiger partial charge in [-0.3, -0.25) is 0 Å². The lowest BCUT2D eigenvalue weighted by atomic mass is 9.96. The zero-order chi connectivity index (χ0) is 22.9. The lowest BCUT2D eigenvalue weighted by molar-refractivity contribution is 0.436. The van der Waals surface area contributed by atoms with Crippen LogP contribution in [0.1, 0.15) is 22.1 Å². The van der Waals surface area contributed by atoms with E-state index in [1.54, 1.807) is 16.1 Å². The highest BCUT2D eigenvalue weighted by Gasteiger charge is 2.40. The molecule has 0 amide bonds. The monoisotopic (exact) mass is 481 g/mol. The van der Waals surface area contributed by atoms with Crippen molar-refractivity contribution in [2.75, 3.05) is 12.3 Å². The molecule has 34 heavy (non-hydrogen) atoms. The second kappa shape index (κ2) is 7.57. The second-order valence-corrected chi connectivity index (χ2v) is 12.2. The van der Waals surface area contributed by atoms with Crippen LogP contribution in [0.3, 0.4) is 0 Å². The maximum atomic E-state index is 14.2. The smallest absolute Gasteiger partial charge is 0.207 e. The molecule has 0 radical (unpaired) electrons. The van der Waals surface area contributed by atoms with Gasteiger partial charge in [-0.15, -0.1) is 11.8 Å². The van der Waals surface area contributed by atoms with Gasteiger partial charge in [-0.25, -0.2) is 8.42 Å². The van der Waals surface area contributed by atoms with E-state index in [2.05, 4.69) is 48.5 Å². The SMILES string of the molecule is O=S(=O)(c1ccc2cccc3c2c1CC3)N1CCSC1c1c2ccccc2cc2ccccc12. The van der Waals surface area contributed by atoms with Gasteiger partial charge in [0.05, 0.1) is 10.3 Å². The first kappa shape index (κ1) is 20.5. The van der Waals surface area contributed by atoms with Crippen LogP contribution >= 0.6 is 11.8 Å². The lowest BCUT2D eigenvalue weighted by Gasteiger charge is -2.27. The molecule has 1 aliphatic heterocycles. The van der Waals surface area contributed by atoms with Crippen molar-refractivity contribution in [3.8, 4) is 0 Å². The molecule has 1 atom stereocenters. The standard InChI is InChI=1S/C29H23NO2S2/c31-34(32,26-15-13-20-9-5-8-19-12-14-25(26)27(19)20)30-16-17-33-29(30)28-23-10-3-1-6-21(23)18-22-7-2-4-11-24(22)28/h1-11,13,15,18,29H,12,14,16-17H2. The highest BCUT2D eigenvalue weighted by molar-refractivity contribution is 8.01. The molecule has 7 rings (SSSR count). The van der Waals surface area contributed by atoms with Gasteiger partial charge in [0.15, 0.2) is 0 Å². The van der Waals surface area contributed by atoms with E-state index < -0.39 is 10.0 Å². The van der Waals surface area contributed by atoms with Crippen molar-refractivity contribution in [3.63, 3.8) is 0 Å². The molecular weight excluding hydrogens is 458 g/mol. The van der Waals surface area contributed by atoms with Crippen LogP contribution in [0.4, 0.5) is 0 Å². The summed E-state index contributed by atoms with van der Waals surface area (Å²) >= 11 is 1.73. The molecule has 3 nitrogen and oxygen atoms in total. The molecular formula is C29H23NO2S2. The summed E-state index contributed by atoms with van der Waals surface area (Å²) in [4.78, 5) is 0.488. The highest BCUT2D eigenvalue weighted by Crippen LogP contribution is 2.47. The minimum atomic E-state index is -3.66. The van der Waals surface area contributed by atoms with Gasteiger partial charge in [0.25, 0.3) is 0 Å². The Morgan fingerprint density at radius 2 is 1.47 bits per heavy atom. The minimum absolute atomic E-state index is 0.249. The third-order valence-electron chi connectivity index (χ3n) is 7.34. The number of rotatable bonds is 3. The largest absolute Gasteiger partial charge is 0.244 e. The number of thioether (sulfide) groups is 1. The van der Waals surface area contributed by atoms with E-state index in [4.69, 9.17) is 0 Å². The van der Waals surface area contributed by atoms with Crippen LogP contribution in [-0.4, -0.2) is 25.0 Å². The summed E-state index contributed by atoms with van der Waals surface area (Å²) in [6.07, 6.45) is 1.69. The highest BCUT2D eigenvalue weighted by atomic mass is 32.2. The molecule has 168 valence electrons. The van der Waals surface area contributed by atoms with Gasteiger partial charge in [0, 0.05) is 12.3 Å². The van der Waals surface area contributed by atoms with Gasteiger partial charge < -0.3 is 0 Å². The molecule has 0 bridgehead atoms. The molecule has 0 spiro atoms. The Bertz CT molecular complexity index is 1670. The van der Waals surface area contributed by atoms with Gasteiger partial charge in [0.1, 0.15) is 0 Å². The van der Waals surface area contributed by atoms with Crippen molar-refractivity contribution < 1.29 is 8.42 Å². The summed E-state index contributed by atoms with van der Waals surface area (Å²) in [5, 5.41) is 6.58. The lowest BCUT2D eigenvalue weighted by Crippen LogP contribution is -2.31. The molecule has 0 N–H and O–H groups in total. The first-order valence-corrected chi connectivity index (χ1v) is 14.2. The maximum absolute atomic E-state index is 14.2. The molecule has 0 aromatic heterocycles. The van der Waals surface area contributed by atoms with Gasteiger partial charge >= 0.3 is 0 Å². The number of fused-ring (bicyclic) bond motifs is 2. The number of aryl methyl sites for hydroxylation is 2. The molecule has 5 aromatic carbocycles. The van der Waals surface area contributed by atoms with Crippen molar-refractivity contribution in [2.45, 2.75) is 23.1 Å². The van der Waals surface area contributed by atoms with Gasteiger partial charge in [-0.2, -0.15) is 4.31 Å². The number of nitrogens with zero attached hydrogens (tertiary/aromatic N) is 1. The predicted molar refractivity (Wildman–Crippen MR) is 142 cm³/mol. The second-order valence-electron chi connectivity index (χ2n) is 9.13. The zero-order valence-corrected chi connectivity index (χ0v) is 20.2. The van der Waals surface area contributed by atoms with Crippen molar-refractivity contribution >= 4 is 54.1 Å². The summed E-state index contributed by atoms with van der Waals surface area (Å²) in [6, 6.07) is 29.0. The Labute approximate surface area is 203 Å². The van der Waals surface area contributed by atoms with E-state index >= 15 is 0 Å². The Balaban J connectivity index is 1.44. The molecule has 1 saturated heterocycles. The van der Waals surface area contributed by atoms with E-state index in [0.29, 0.717) is 11.4 Å². The Kier molecular flexibility index (Phi) is 4.57. The van der Waals surface area contributed by atoms with Crippen LogP contribution in [0, 0.1) is 0 Å². The number of hydrogen-bond donors (Lipinski definition) is 0. The molecule has 1 fully saturated rings. The van der Waals surface area contributed by atoms with E-state index in [1.807, 2.05) is 36.4 Å². The van der Waals surface area contributed by atoms with Crippen molar-refractivity contribution in [1.29, 1.82) is 0 Å². The normalized spacial score (nSPS) is 18.4. The fourth-order valence-electron chi connectivity index (χ4n) is 5.84. The molecule has 2 aliphatic rings. The summed E-state index contributed by atoms with van der Waals surface area (Å²) in [6.45, 7) is 0.522. The Hall–Kier alpha value is -2.86. The fraction of sp³-hybridized carbons (Fsp3) is 0.172. The molecule has 0 saturated carbocycles. The third kappa shape index (κ3) is 2.90. The number of hydrogen-bond acceptors (Lipinski definition) is 3. The minimum Gasteiger partial charge on any atom is -0.207 e. The molecule has 5 aromatic rings. The first-order chi connectivity index (χ1) is 16.6. The quantitative estimate of drug-likeness (QED) is 0.270. The van der Waals surface area contributed by atoms with Crippen molar-refractivity contribution in [2.24, 2.45) is 0 Å². The molecule has 1 unspecified atom stereocenters. The molecule has 5 heteroatoms. The van der Waals surface area contributed by atoms with Crippen molar-refractivity contribution in [3.05, 3.63) is 102 Å². The Morgan fingerprint density at radius 3 is 2.24 bits per heavy atom. The predicted octanol–water partition coefficient (Wildman–Crippen LogP) is 6.68. The zero-order valence-electron chi connectivity index (χ0n) is 18.6. The van der Waals surface area contributed by atoms with Crippen LogP contribution in [0.25, 0.3) is 32.3 Å². The summed E-state index contributed by atoms with van der Waals surface area (Å²) < 4.78 is 30.3. The number of benzene rings is 5. The molecule has 1 aliphatic carbocycles. The van der Waals surface area contributed by atoms with E-state index in [9.17, 15) is 8.42 Å². The van der Waals surface area contributed by atoms with Crippen LogP contribution < -0.4 is 0 Å². The topological polar surface area (TPSA) is 37.4 Å². The van der Waals surface area contributed by atoms with Crippen LogP contribution in [0.5, 0.6) is 0 Å². The summed E-state index contributed by atoms with van der Waals surface area (Å²) in [7, 11) is -3.66. The fourth-order valence-corrected chi connectivity index (χ4v) is 9.40. The van der Waals surface area contributed by atoms with Crippen LogP contribution in [0.15, 0.2) is 89.8 Å². The van der Waals surface area contributed by atoms with E-state index in [1.165, 1.54) is 5.56 Å². The maximum Gasteiger partial charge on any atom is 0.244 e. The Morgan fingerprint density at radius 1 is 0.765 bits per heavy atom. The molecule has 1 heterocycles. The van der Waals surface area contributed by atoms with Crippen molar-refractivity contribution in [1.82, 2.24) is 4.31 Å². The first-order valence-electron chi connectivity index (χ1n) is 11.7. The average Bonchev–Trinajstić information content (AvgIpc) is 3.52. The van der Waals surface area contributed by atoms with Gasteiger partial charge in [-0.05, 0) is 74.0 Å². The third-order valence-corrected chi connectivity index (χ3v) is 10.6. The van der Waals surface area contributed by atoms with Crippen LogP contribution in [-0.2, 0) is 22.9 Å². The average molecular weight is 482 g/mol. The summed E-state index contributed by atoms with van der Waals surface area (Å²) in [5.41, 5.74) is 3.36.